The van der Waals surface area contributed by atoms with Crippen LogP contribution < -0.4 is 16.6 Å². The Morgan fingerprint density at radius 3 is 2.78 bits per heavy atom. The van der Waals surface area contributed by atoms with Crippen LogP contribution in [-0.2, 0) is 4.79 Å². The fourth-order valence-electron chi connectivity index (χ4n) is 4.26. The zero-order chi connectivity index (χ0) is 22.4. The van der Waals surface area contributed by atoms with E-state index >= 15 is 0 Å². The second kappa shape index (κ2) is 7.52. The van der Waals surface area contributed by atoms with Crippen LogP contribution in [0.2, 0.25) is 0 Å². The van der Waals surface area contributed by atoms with Gasteiger partial charge in [-0.05, 0) is 36.8 Å². The topological polar surface area (TPSA) is 137 Å². The zero-order valence-electron chi connectivity index (χ0n) is 17.4. The number of fused-ring (bicyclic) bond motifs is 2. The molecule has 32 heavy (non-hydrogen) atoms. The van der Waals surface area contributed by atoms with Gasteiger partial charge in [-0.1, -0.05) is 12.1 Å². The first kappa shape index (κ1) is 19.8. The number of hydrogen-bond acceptors (Lipinski definition) is 5. The minimum absolute atomic E-state index is 0.0326. The lowest BCUT2D eigenvalue weighted by Gasteiger charge is -2.17. The van der Waals surface area contributed by atoms with Crippen LogP contribution in [0, 0.1) is 0 Å². The summed E-state index contributed by atoms with van der Waals surface area (Å²) in [6.07, 6.45) is 0.723. The average molecular weight is 430 g/mol. The van der Waals surface area contributed by atoms with Crippen LogP contribution in [0.1, 0.15) is 23.7 Å². The number of nitrogens with one attached hydrogen (secondary N) is 3. The molecule has 1 aliphatic heterocycles. The number of para-hydroxylation sites is 2. The zero-order valence-corrected chi connectivity index (χ0v) is 17.4. The summed E-state index contributed by atoms with van der Waals surface area (Å²) in [6.45, 7) is 2.52. The van der Waals surface area contributed by atoms with E-state index in [0.29, 0.717) is 52.0 Å². The van der Waals surface area contributed by atoms with Crippen molar-refractivity contribution in [1.82, 2.24) is 25.2 Å². The predicted molar refractivity (Wildman–Crippen MR) is 122 cm³/mol. The van der Waals surface area contributed by atoms with Gasteiger partial charge in [0.1, 0.15) is 0 Å². The molecule has 1 aliphatic rings. The number of carbonyl (C=O) groups excluding carboxylic acids is 2. The Bertz CT molecular complexity index is 1440. The van der Waals surface area contributed by atoms with Gasteiger partial charge < -0.3 is 25.9 Å². The first-order valence-electron chi connectivity index (χ1n) is 10.4. The summed E-state index contributed by atoms with van der Waals surface area (Å²) in [5, 5.41) is 3.51. The Morgan fingerprint density at radius 1 is 1.16 bits per heavy atom. The molecule has 3 heterocycles. The summed E-state index contributed by atoms with van der Waals surface area (Å²) in [6, 6.07) is 12.5. The molecule has 162 valence electrons. The molecule has 9 heteroatoms. The van der Waals surface area contributed by atoms with Crippen LogP contribution in [0.15, 0.2) is 47.3 Å². The molecule has 1 saturated heterocycles. The Kier molecular flexibility index (Phi) is 4.66. The second-order valence-corrected chi connectivity index (χ2v) is 8.04. The van der Waals surface area contributed by atoms with Crippen molar-refractivity contribution in [3.8, 4) is 11.4 Å². The van der Waals surface area contributed by atoms with Gasteiger partial charge in [-0.2, -0.15) is 0 Å². The number of likely N-dealkylation sites (tertiary alicyclic amines) is 1. The highest BCUT2D eigenvalue weighted by Gasteiger charge is 2.28. The van der Waals surface area contributed by atoms with E-state index in [-0.39, 0.29) is 29.1 Å². The number of aromatic amines is 2. The van der Waals surface area contributed by atoms with Crippen LogP contribution in [0.25, 0.3) is 33.3 Å². The first-order chi connectivity index (χ1) is 15.4. The lowest BCUT2D eigenvalue weighted by Crippen LogP contribution is -2.37. The number of H-pyrrole nitrogens is 2. The number of hydrogen-bond donors (Lipinski definition) is 4. The molecule has 0 bridgehead atoms. The lowest BCUT2D eigenvalue weighted by molar-refractivity contribution is -0.119. The Hall–Kier alpha value is -4.14. The minimum atomic E-state index is -0.348. The Morgan fingerprint density at radius 2 is 1.97 bits per heavy atom. The normalized spacial score (nSPS) is 16.0. The van der Waals surface area contributed by atoms with Gasteiger partial charge in [0.05, 0.1) is 22.4 Å². The quantitative estimate of drug-likeness (QED) is 0.394. The molecule has 5 rings (SSSR count). The number of nitrogens with zero attached hydrogens (tertiary/aromatic N) is 2. The summed E-state index contributed by atoms with van der Waals surface area (Å²) in [4.78, 5) is 49.1. The van der Waals surface area contributed by atoms with Crippen molar-refractivity contribution in [3.63, 3.8) is 0 Å². The number of aromatic nitrogens is 3. The van der Waals surface area contributed by atoms with E-state index in [9.17, 15) is 14.4 Å². The highest BCUT2D eigenvalue weighted by Crippen LogP contribution is 2.32. The van der Waals surface area contributed by atoms with Crippen LogP contribution in [0.3, 0.4) is 0 Å². The molecule has 0 saturated carbocycles. The molecule has 2 aromatic carbocycles. The van der Waals surface area contributed by atoms with Crippen molar-refractivity contribution < 1.29 is 9.59 Å². The number of anilines is 1. The molecule has 4 aromatic rings. The molecule has 1 fully saturated rings. The predicted octanol–water partition coefficient (Wildman–Crippen LogP) is 2.00. The van der Waals surface area contributed by atoms with Gasteiger partial charge in [0.2, 0.25) is 5.91 Å². The number of nitrogens with two attached hydrogens (primary N) is 1. The van der Waals surface area contributed by atoms with Crippen molar-refractivity contribution in [3.05, 3.63) is 58.4 Å². The first-order valence-corrected chi connectivity index (χ1v) is 10.4. The van der Waals surface area contributed by atoms with Gasteiger partial charge in [-0.15, -0.1) is 0 Å². The second-order valence-electron chi connectivity index (χ2n) is 8.04. The molecule has 5 N–H and O–H groups in total. The number of nitrogen functional groups attached to an aromatic ring is 1. The maximum Gasteiger partial charge on any atom is 0.276 e. The third-order valence-corrected chi connectivity index (χ3v) is 5.80. The fraction of sp³-hybridized carbons (Fsp3) is 0.217. The maximum atomic E-state index is 13.0. The van der Waals surface area contributed by atoms with Crippen LogP contribution in [0.5, 0.6) is 0 Å². The highest BCUT2D eigenvalue weighted by molar-refractivity contribution is 6.04. The molecule has 0 unspecified atom stereocenters. The summed E-state index contributed by atoms with van der Waals surface area (Å²) in [5.74, 6) is -0.223. The summed E-state index contributed by atoms with van der Waals surface area (Å²) in [7, 11) is 0. The number of carbonyl (C=O) groups is 2. The Labute approximate surface area is 182 Å². The van der Waals surface area contributed by atoms with Gasteiger partial charge in [0, 0.05) is 42.5 Å². The van der Waals surface area contributed by atoms with Crippen molar-refractivity contribution in [2.45, 2.75) is 19.4 Å². The maximum absolute atomic E-state index is 13.0. The molecular weight excluding hydrogens is 408 g/mol. The molecule has 0 spiro atoms. The highest BCUT2D eigenvalue weighted by atomic mass is 16.2. The fourth-order valence-corrected chi connectivity index (χ4v) is 4.26. The van der Waals surface area contributed by atoms with Crippen LogP contribution >= 0.6 is 0 Å². The standard InChI is InChI=1S/C23H22N6O3/c1-12(30)25-14-8-9-29(11-14)23(32)13-6-7-16-15(10-13)19(24)20(26-16)21-22(31)28-18-5-3-2-4-17(18)27-21/h2-7,10,14,26H,8-9,11,24H2,1H3,(H,25,30)(H,28,31)/t14-/m1/s1. The smallest absolute Gasteiger partial charge is 0.276 e. The van der Waals surface area contributed by atoms with Gasteiger partial charge in [-0.25, -0.2) is 4.98 Å². The van der Waals surface area contributed by atoms with E-state index in [0.717, 1.165) is 6.42 Å². The summed E-state index contributed by atoms with van der Waals surface area (Å²) >= 11 is 0. The van der Waals surface area contributed by atoms with E-state index in [1.165, 1.54) is 6.92 Å². The number of benzene rings is 2. The van der Waals surface area contributed by atoms with Crippen LogP contribution in [-0.4, -0.2) is 50.8 Å². The monoisotopic (exact) mass is 430 g/mol. The van der Waals surface area contributed by atoms with Crippen molar-refractivity contribution in [2.24, 2.45) is 0 Å². The summed E-state index contributed by atoms with van der Waals surface area (Å²) < 4.78 is 0. The van der Waals surface area contributed by atoms with Crippen molar-refractivity contribution in [2.75, 3.05) is 18.8 Å². The van der Waals surface area contributed by atoms with E-state index < -0.39 is 0 Å². The largest absolute Gasteiger partial charge is 0.396 e. The molecule has 1 atom stereocenters. The van der Waals surface area contributed by atoms with E-state index in [1.54, 1.807) is 29.2 Å². The minimum Gasteiger partial charge on any atom is -0.396 e. The molecule has 0 aliphatic carbocycles. The van der Waals surface area contributed by atoms with E-state index in [1.807, 2.05) is 18.2 Å². The van der Waals surface area contributed by atoms with Crippen molar-refractivity contribution >= 4 is 39.4 Å². The third kappa shape index (κ3) is 3.37. The molecule has 0 radical (unpaired) electrons. The van der Waals surface area contributed by atoms with Gasteiger partial charge in [0.15, 0.2) is 5.69 Å². The van der Waals surface area contributed by atoms with Crippen LogP contribution in [0.4, 0.5) is 5.69 Å². The third-order valence-electron chi connectivity index (χ3n) is 5.80. The SMILES string of the molecule is CC(=O)N[C@@H]1CCN(C(=O)c2ccc3[nH]c(-c4nc5ccccc5[nH]c4=O)c(N)c3c2)C1. The Balaban J connectivity index is 1.49. The van der Waals surface area contributed by atoms with Gasteiger partial charge in [0.25, 0.3) is 11.5 Å². The molecular formula is C23H22N6O3. The lowest BCUT2D eigenvalue weighted by atomic mass is 10.1. The van der Waals surface area contributed by atoms with Gasteiger partial charge in [-0.3, -0.25) is 14.4 Å². The van der Waals surface area contributed by atoms with Gasteiger partial charge >= 0.3 is 0 Å². The molecule has 2 aromatic heterocycles. The van der Waals surface area contributed by atoms with E-state index in [2.05, 4.69) is 20.3 Å². The number of amides is 2. The average Bonchev–Trinajstić information content (AvgIpc) is 3.36. The number of rotatable bonds is 3. The molecule has 2 amide bonds. The molecule has 9 nitrogen and oxygen atoms in total. The van der Waals surface area contributed by atoms with Crippen molar-refractivity contribution in [1.29, 1.82) is 0 Å². The van der Waals surface area contributed by atoms with E-state index in [4.69, 9.17) is 5.73 Å². The summed E-state index contributed by atoms with van der Waals surface area (Å²) in [5.41, 5.74) is 9.52.